The van der Waals surface area contributed by atoms with Crippen molar-refractivity contribution in [3.8, 4) is 0 Å². The van der Waals surface area contributed by atoms with Gasteiger partial charge in [-0.1, -0.05) is 23.2 Å². The molecule has 2 rings (SSSR count). The van der Waals surface area contributed by atoms with Gasteiger partial charge < -0.3 is 10.6 Å². The first-order valence-electron chi connectivity index (χ1n) is 5.70. The van der Waals surface area contributed by atoms with Crippen LogP contribution in [0.4, 0.5) is 5.69 Å². The number of carbonyl (C=O) groups is 2. The molecule has 0 radical (unpaired) electrons. The minimum atomic E-state index is -0.333. The number of hydrogen-bond acceptors (Lipinski definition) is 3. The minimum Gasteiger partial charge on any atom is -0.354 e. The van der Waals surface area contributed by atoms with Crippen LogP contribution in [0.2, 0.25) is 10.0 Å². The molecule has 1 heterocycles. The highest BCUT2D eigenvalue weighted by molar-refractivity contribution is 8.00. The van der Waals surface area contributed by atoms with E-state index >= 15 is 0 Å². The van der Waals surface area contributed by atoms with Crippen LogP contribution in [0, 0.1) is 0 Å². The normalized spacial score (nSPS) is 18.8. The van der Waals surface area contributed by atoms with E-state index in [0.29, 0.717) is 22.3 Å². The summed E-state index contributed by atoms with van der Waals surface area (Å²) in [7, 11) is 0. The summed E-state index contributed by atoms with van der Waals surface area (Å²) in [6, 6.07) is 4.84. The number of benzene rings is 1. The lowest BCUT2D eigenvalue weighted by molar-refractivity contribution is -0.123. The minimum absolute atomic E-state index is 0.0893. The van der Waals surface area contributed by atoms with Gasteiger partial charge in [0, 0.05) is 23.7 Å². The second-order valence-electron chi connectivity index (χ2n) is 4.03. The Morgan fingerprint density at radius 1 is 1.47 bits per heavy atom. The summed E-state index contributed by atoms with van der Waals surface area (Å²) in [6.07, 6.45) is 0.134. The molecule has 0 saturated carbocycles. The largest absolute Gasteiger partial charge is 0.354 e. The van der Waals surface area contributed by atoms with Gasteiger partial charge >= 0.3 is 0 Å². The summed E-state index contributed by atoms with van der Waals surface area (Å²) in [5, 5.41) is 5.97. The molecule has 1 aromatic carbocycles. The number of amides is 2. The molecule has 0 spiro atoms. The highest BCUT2D eigenvalue weighted by atomic mass is 35.5. The maximum absolute atomic E-state index is 11.9. The Balaban J connectivity index is 1.95. The fourth-order valence-corrected chi connectivity index (χ4v) is 3.14. The summed E-state index contributed by atoms with van der Waals surface area (Å²) < 4.78 is 0. The van der Waals surface area contributed by atoms with Crippen LogP contribution in [-0.4, -0.2) is 29.4 Å². The molecule has 1 aliphatic heterocycles. The van der Waals surface area contributed by atoms with Crippen LogP contribution in [-0.2, 0) is 9.59 Å². The first kappa shape index (κ1) is 14.5. The van der Waals surface area contributed by atoms with E-state index in [1.165, 1.54) is 11.8 Å². The molecular formula is C12H12Cl2N2O2S. The number of hydrogen-bond donors (Lipinski definition) is 2. The number of thioether (sulfide) groups is 1. The Morgan fingerprint density at radius 3 is 2.95 bits per heavy atom. The zero-order valence-corrected chi connectivity index (χ0v) is 12.2. The van der Waals surface area contributed by atoms with Gasteiger partial charge in [0.2, 0.25) is 11.8 Å². The van der Waals surface area contributed by atoms with Gasteiger partial charge in [-0.3, -0.25) is 9.59 Å². The van der Waals surface area contributed by atoms with Crippen LogP contribution >= 0.6 is 35.0 Å². The van der Waals surface area contributed by atoms with E-state index in [1.54, 1.807) is 18.2 Å². The van der Waals surface area contributed by atoms with Gasteiger partial charge in [-0.25, -0.2) is 0 Å². The van der Waals surface area contributed by atoms with Crippen molar-refractivity contribution in [3.63, 3.8) is 0 Å². The second-order valence-corrected chi connectivity index (χ2v) is 6.18. The number of carbonyl (C=O) groups excluding carboxylic acids is 2. The Morgan fingerprint density at radius 2 is 2.26 bits per heavy atom. The molecule has 2 N–H and O–H groups in total. The first-order valence-corrected chi connectivity index (χ1v) is 7.51. The van der Waals surface area contributed by atoms with E-state index in [1.807, 2.05) is 0 Å². The second kappa shape index (κ2) is 6.50. The highest BCUT2D eigenvalue weighted by Crippen LogP contribution is 2.26. The van der Waals surface area contributed by atoms with Crippen molar-refractivity contribution in [3.05, 3.63) is 28.2 Å². The summed E-state index contributed by atoms with van der Waals surface area (Å²) in [5.74, 6) is 0.498. The van der Waals surface area contributed by atoms with Crippen molar-refractivity contribution >= 4 is 52.5 Å². The Hall–Kier alpha value is -0.910. The molecule has 1 saturated heterocycles. The molecule has 2 amide bonds. The lowest BCUT2D eigenvalue weighted by Crippen LogP contribution is -2.40. The Kier molecular flexibility index (Phi) is 4.96. The van der Waals surface area contributed by atoms with Crippen LogP contribution in [0.5, 0.6) is 0 Å². The van der Waals surface area contributed by atoms with Crippen LogP contribution in [0.25, 0.3) is 0 Å². The first-order chi connectivity index (χ1) is 9.06. The summed E-state index contributed by atoms with van der Waals surface area (Å²) >= 11 is 13.2. The molecule has 0 bridgehead atoms. The van der Waals surface area contributed by atoms with E-state index in [-0.39, 0.29) is 23.5 Å². The summed E-state index contributed by atoms with van der Waals surface area (Å²) in [4.78, 5) is 23.4. The van der Waals surface area contributed by atoms with Gasteiger partial charge in [0.1, 0.15) is 0 Å². The lowest BCUT2D eigenvalue weighted by atomic mass is 10.2. The van der Waals surface area contributed by atoms with Crippen molar-refractivity contribution in [2.75, 3.05) is 17.6 Å². The van der Waals surface area contributed by atoms with Crippen molar-refractivity contribution in [1.29, 1.82) is 0 Å². The average Bonchev–Trinajstić information content (AvgIpc) is 2.36. The molecule has 1 aliphatic rings. The Labute approximate surface area is 125 Å². The maximum Gasteiger partial charge on any atom is 0.233 e. The smallest absolute Gasteiger partial charge is 0.233 e. The molecule has 1 aromatic rings. The zero-order chi connectivity index (χ0) is 13.8. The van der Waals surface area contributed by atoms with Gasteiger partial charge in [-0.2, -0.15) is 0 Å². The molecule has 7 heteroatoms. The third-order valence-corrected chi connectivity index (χ3v) is 4.36. The summed E-state index contributed by atoms with van der Waals surface area (Å²) in [6.45, 7) is 0.657. The van der Waals surface area contributed by atoms with E-state index in [9.17, 15) is 9.59 Å². The molecule has 0 aliphatic carbocycles. The van der Waals surface area contributed by atoms with Gasteiger partial charge in [-0.05, 0) is 18.2 Å². The zero-order valence-electron chi connectivity index (χ0n) is 9.91. The number of halogens is 2. The predicted molar refractivity (Wildman–Crippen MR) is 79.0 cm³/mol. The third kappa shape index (κ3) is 4.03. The maximum atomic E-state index is 11.9. The standard InChI is InChI=1S/C12H12Cl2N2O2S/c13-7-1-2-9(8(14)5-7)16-11(17)6-10-12(18)15-3-4-19-10/h1-2,5,10H,3-4,6H2,(H,15,18)(H,16,17)/t10-/m0/s1. The monoisotopic (exact) mass is 318 g/mol. The summed E-state index contributed by atoms with van der Waals surface area (Å²) in [5.41, 5.74) is 0.497. The number of anilines is 1. The molecular weight excluding hydrogens is 307 g/mol. The van der Waals surface area contributed by atoms with Crippen molar-refractivity contribution in [2.45, 2.75) is 11.7 Å². The van der Waals surface area contributed by atoms with E-state index in [2.05, 4.69) is 10.6 Å². The molecule has 102 valence electrons. The molecule has 1 atom stereocenters. The quantitative estimate of drug-likeness (QED) is 0.900. The molecule has 0 aromatic heterocycles. The molecule has 4 nitrogen and oxygen atoms in total. The van der Waals surface area contributed by atoms with E-state index < -0.39 is 0 Å². The number of nitrogens with one attached hydrogen (secondary N) is 2. The average molecular weight is 319 g/mol. The predicted octanol–water partition coefficient (Wildman–Crippen LogP) is 2.55. The fraction of sp³-hybridized carbons (Fsp3) is 0.333. The van der Waals surface area contributed by atoms with Crippen molar-refractivity contribution < 1.29 is 9.59 Å². The van der Waals surface area contributed by atoms with Crippen molar-refractivity contribution in [1.82, 2.24) is 5.32 Å². The highest BCUT2D eigenvalue weighted by Gasteiger charge is 2.25. The van der Waals surface area contributed by atoms with Gasteiger partial charge in [0.25, 0.3) is 0 Å². The lowest BCUT2D eigenvalue weighted by Gasteiger charge is -2.20. The van der Waals surface area contributed by atoms with Crippen LogP contribution < -0.4 is 10.6 Å². The topological polar surface area (TPSA) is 58.2 Å². The third-order valence-electron chi connectivity index (χ3n) is 2.59. The van der Waals surface area contributed by atoms with Gasteiger partial charge in [-0.15, -0.1) is 11.8 Å². The Bertz CT molecular complexity index is 511. The van der Waals surface area contributed by atoms with Crippen LogP contribution in [0.1, 0.15) is 6.42 Å². The van der Waals surface area contributed by atoms with E-state index in [0.717, 1.165) is 5.75 Å². The van der Waals surface area contributed by atoms with Crippen molar-refractivity contribution in [2.24, 2.45) is 0 Å². The fourth-order valence-electron chi connectivity index (χ4n) is 1.68. The van der Waals surface area contributed by atoms with Crippen LogP contribution in [0.15, 0.2) is 18.2 Å². The van der Waals surface area contributed by atoms with Crippen LogP contribution in [0.3, 0.4) is 0 Å². The SMILES string of the molecule is O=C(C[C@@H]1SCCNC1=O)Nc1ccc(Cl)cc1Cl. The molecule has 0 unspecified atom stereocenters. The van der Waals surface area contributed by atoms with E-state index in [4.69, 9.17) is 23.2 Å². The van der Waals surface area contributed by atoms with Gasteiger partial charge in [0.15, 0.2) is 0 Å². The molecule has 1 fully saturated rings. The van der Waals surface area contributed by atoms with Gasteiger partial charge in [0.05, 0.1) is 16.0 Å². The molecule has 19 heavy (non-hydrogen) atoms. The number of rotatable bonds is 3.